The molecule has 0 aliphatic rings. The number of carbonyl (C=O) groups is 2. The van der Waals surface area contributed by atoms with Crippen molar-refractivity contribution in [1.82, 2.24) is 4.57 Å². The maximum atomic E-state index is 13.5. The summed E-state index contributed by atoms with van der Waals surface area (Å²) < 4.78 is 20.2. The van der Waals surface area contributed by atoms with Gasteiger partial charge in [-0.05, 0) is 23.8 Å². The lowest BCUT2D eigenvalue weighted by Crippen LogP contribution is -2.22. The molecule has 2 aromatic carbocycles. The Morgan fingerprint density at radius 2 is 1.96 bits per heavy atom. The highest BCUT2D eigenvalue weighted by molar-refractivity contribution is 7.16. The van der Waals surface area contributed by atoms with Crippen LogP contribution in [0.2, 0.25) is 0 Å². The Kier molecular flexibility index (Phi) is 5.59. The lowest BCUT2D eigenvalue weighted by molar-refractivity contribution is -0.384. The van der Waals surface area contributed by atoms with Gasteiger partial charge in [-0.25, -0.2) is 4.39 Å². The highest BCUT2D eigenvalue weighted by Gasteiger charge is 2.13. The van der Waals surface area contributed by atoms with Crippen molar-refractivity contribution in [3.05, 3.63) is 68.8 Å². The predicted molar refractivity (Wildman–Crippen MR) is 99.2 cm³/mol. The van der Waals surface area contributed by atoms with Crippen molar-refractivity contribution < 1.29 is 23.6 Å². The van der Waals surface area contributed by atoms with Gasteiger partial charge in [0.1, 0.15) is 12.4 Å². The van der Waals surface area contributed by atoms with Crippen LogP contribution < -0.4 is 4.80 Å². The Labute approximate surface area is 161 Å². The fourth-order valence-corrected chi connectivity index (χ4v) is 3.61. The van der Waals surface area contributed by atoms with Crippen LogP contribution in [-0.4, -0.2) is 28.5 Å². The number of thiazole rings is 1. The topological polar surface area (TPSA) is 104 Å². The number of esters is 1. The second kappa shape index (κ2) is 8.09. The Hall–Kier alpha value is -3.40. The minimum absolute atomic E-state index is 0.0706. The highest BCUT2D eigenvalue weighted by atomic mass is 32.1. The van der Waals surface area contributed by atoms with Gasteiger partial charge >= 0.3 is 5.97 Å². The summed E-state index contributed by atoms with van der Waals surface area (Å²) in [6, 6.07) is 9.63. The fraction of sp³-hybridized carbons (Fsp3) is 0.167. The SMILES string of the molecule is COC(=O)Cn1c(=NC(=O)Cc2ccc([N+](=O)[O-])cc2)sc2cc(F)ccc21. The number of hydrogen-bond acceptors (Lipinski definition) is 6. The van der Waals surface area contributed by atoms with Gasteiger partial charge in [0.15, 0.2) is 4.80 Å². The quantitative estimate of drug-likeness (QED) is 0.370. The standard InChI is InChI=1S/C18H14FN3O5S/c1-27-17(24)10-21-14-7-4-12(19)9-15(14)28-18(21)20-16(23)8-11-2-5-13(6-3-11)22(25)26/h2-7,9H,8,10H2,1H3. The lowest BCUT2D eigenvalue weighted by Gasteiger charge is -2.03. The summed E-state index contributed by atoms with van der Waals surface area (Å²) in [5.74, 6) is -1.48. The van der Waals surface area contributed by atoms with Crippen molar-refractivity contribution in [2.24, 2.45) is 4.99 Å². The molecule has 0 bridgehead atoms. The third-order valence-electron chi connectivity index (χ3n) is 3.88. The minimum atomic E-state index is -0.534. The highest BCUT2D eigenvalue weighted by Crippen LogP contribution is 2.19. The molecular weight excluding hydrogens is 389 g/mol. The Morgan fingerprint density at radius 1 is 1.25 bits per heavy atom. The van der Waals surface area contributed by atoms with Crippen LogP contribution in [0.3, 0.4) is 0 Å². The zero-order chi connectivity index (χ0) is 20.3. The molecule has 1 heterocycles. The van der Waals surface area contributed by atoms with Crippen molar-refractivity contribution in [2.75, 3.05) is 7.11 Å². The van der Waals surface area contributed by atoms with E-state index in [9.17, 15) is 24.1 Å². The van der Waals surface area contributed by atoms with E-state index in [0.717, 1.165) is 11.3 Å². The summed E-state index contributed by atoms with van der Waals surface area (Å²) in [7, 11) is 1.24. The molecule has 1 aromatic heterocycles. The molecule has 0 aliphatic carbocycles. The number of fused-ring (bicyclic) bond motifs is 1. The molecule has 0 unspecified atom stereocenters. The minimum Gasteiger partial charge on any atom is -0.468 e. The summed E-state index contributed by atoms with van der Waals surface area (Å²) in [5, 5.41) is 10.7. The molecule has 0 aliphatic heterocycles. The molecule has 0 radical (unpaired) electrons. The van der Waals surface area contributed by atoms with Crippen LogP contribution in [0.15, 0.2) is 47.5 Å². The van der Waals surface area contributed by atoms with Crippen LogP contribution >= 0.6 is 11.3 Å². The number of non-ortho nitro benzene ring substituents is 1. The maximum Gasteiger partial charge on any atom is 0.325 e. The number of hydrogen-bond donors (Lipinski definition) is 0. The number of ether oxygens (including phenoxy) is 1. The van der Waals surface area contributed by atoms with Crippen molar-refractivity contribution in [1.29, 1.82) is 0 Å². The van der Waals surface area contributed by atoms with E-state index in [1.165, 1.54) is 54.1 Å². The van der Waals surface area contributed by atoms with E-state index in [0.29, 0.717) is 15.8 Å². The first-order valence-corrected chi connectivity index (χ1v) is 8.85. The van der Waals surface area contributed by atoms with Crippen molar-refractivity contribution in [3.63, 3.8) is 0 Å². The molecule has 0 saturated heterocycles. The van der Waals surface area contributed by atoms with Crippen LogP contribution in [0.5, 0.6) is 0 Å². The smallest absolute Gasteiger partial charge is 0.325 e. The number of rotatable bonds is 5. The van der Waals surface area contributed by atoms with E-state index in [1.807, 2.05) is 0 Å². The summed E-state index contributed by atoms with van der Waals surface area (Å²) in [5.41, 5.74) is 1.04. The maximum absolute atomic E-state index is 13.5. The number of methoxy groups -OCH3 is 1. The van der Waals surface area contributed by atoms with E-state index in [-0.39, 0.29) is 23.5 Å². The molecule has 0 N–H and O–H groups in total. The molecule has 1 amide bonds. The molecule has 8 nitrogen and oxygen atoms in total. The number of benzene rings is 2. The van der Waals surface area contributed by atoms with Crippen LogP contribution in [0.4, 0.5) is 10.1 Å². The van der Waals surface area contributed by atoms with Gasteiger partial charge in [-0.2, -0.15) is 4.99 Å². The molecule has 3 rings (SSSR count). The van der Waals surface area contributed by atoms with Gasteiger partial charge in [0, 0.05) is 12.1 Å². The Balaban J connectivity index is 1.95. The van der Waals surface area contributed by atoms with Gasteiger partial charge in [-0.3, -0.25) is 19.7 Å². The predicted octanol–water partition coefficient (Wildman–Crippen LogP) is 2.59. The van der Waals surface area contributed by atoms with E-state index >= 15 is 0 Å². The fourth-order valence-electron chi connectivity index (χ4n) is 2.54. The first-order valence-electron chi connectivity index (χ1n) is 8.04. The molecular formula is C18H14FN3O5S. The summed E-state index contributed by atoms with van der Waals surface area (Å²) in [6.07, 6.45) is -0.0706. The molecule has 28 heavy (non-hydrogen) atoms. The van der Waals surface area contributed by atoms with Crippen LogP contribution in [-0.2, 0) is 27.3 Å². The number of nitro benzene ring substituents is 1. The van der Waals surface area contributed by atoms with Gasteiger partial charge in [0.05, 0.1) is 28.7 Å². The van der Waals surface area contributed by atoms with Crippen molar-refractivity contribution >= 4 is 39.1 Å². The van der Waals surface area contributed by atoms with Gasteiger partial charge in [0.2, 0.25) is 0 Å². The zero-order valence-electron chi connectivity index (χ0n) is 14.6. The first kappa shape index (κ1) is 19.4. The van der Waals surface area contributed by atoms with E-state index in [4.69, 9.17) is 0 Å². The van der Waals surface area contributed by atoms with Gasteiger partial charge in [0.25, 0.3) is 11.6 Å². The lowest BCUT2D eigenvalue weighted by atomic mass is 10.1. The number of nitrogens with zero attached hydrogens (tertiary/aromatic N) is 3. The molecule has 0 fully saturated rings. The van der Waals surface area contributed by atoms with Crippen LogP contribution in [0, 0.1) is 15.9 Å². The molecule has 0 spiro atoms. The average Bonchev–Trinajstić information content (AvgIpc) is 2.97. The third kappa shape index (κ3) is 4.29. The van der Waals surface area contributed by atoms with Gasteiger partial charge in [-0.1, -0.05) is 23.5 Å². The number of carbonyl (C=O) groups excluding carboxylic acids is 2. The van der Waals surface area contributed by atoms with Gasteiger partial charge < -0.3 is 9.30 Å². The van der Waals surface area contributed by atoms with E-state index < -0.39 is 22.6 Å². The van der Waals surface area contributed by atoms with Crippen LogP contribution in [0.1, 0.15) is 5.56 Å². The third-order valence-corrected chi connectivity index (χ3v) is 4.92. The molecule has 10 heteroatoms. The number of amides is 1. The number of nitro groups is 1. The Bertz CT molecular complexity index is 1130. The van der Waals surface area contributed by atoms with E-state index in [1.54, 1.807) is 0 Å². The number of halogens is 1. The molecule has 144 valence electrons. The summed E-state index contributed by atoms with van der Waals surface area (Å²) in [6.45, 7) is -0.175. The summed E-state index contributed by atoms with van der Waals surface area (Å²) in [4.78, 5) is 38.5. The second-order valence-corrected chi connectivity index (χ2v) is 6.77. The monoisotopic (exact) mass is 403 g/mol. The second-order valence-electron chi connectivity index (χ2n) is 5.76. The largest absolute Gasteiger partial charge is 0.468 e. The van der Waals surface area contributed by atoms with Crippen molar-refractivity contribution in [2.45, 2.75) is 13.0 Å². The first-order chi connectivity index (χ1) is 13.4. The zero-order valence-corrected chi connectivity index (χ0v) is 15.4. The molecule has 0 atom stereocenters. The Morgan fingerprint density at radius 3 is 2.61 bits per heavy atom. The van der Waals surface area contributed by atoms with Crippen molar-refractivity contribution in [3.8, 4) is 0 Å². The van der Waals surface area contributed by atoms with E-state index in [2.05, 4.69) is 9.73 Å². The van der Waals surface area contributed by atoms with Crippen LogP contribution in [0.25, 0.3) is 10.2 Å². The van der Waals surface area contributed by atoms with Gasteiger partial charge in [-0.15, -0.1) is 0 Å². The normalized spacial score (nSPS) is 11.6. The number of aromatic nitrogens is 1. The molecule has 0 saturated carbocycles. The summed E-state index contributed by atoms with van der Waals surface area (Å²) >= 11 is 1.07. The molecule has 3 aromatic rings. The average molecular weight is 403 g/mol.